The molecule has 0 aliphatic carbocycles. The molecule has 2 aliphatic heterocycles. The van der Waals surface area contributed by atoms with Crippen LogP contribution in [0, 0.1) is 17.1 Å². The van der Waals surface area contributed by atoms with Crippen molar-refractivity contribution in [3.05, 3.63) is 30.1 Å². The Kier molecular flexibility index (Phi) is 3.16. The Hall–Kier alpha value is -1.60. The Balaban J connectivity index is 1.86. The Labute approximate surface area is 113 Å². The molecule has 1 aromatic rings. The van der Waals surface area contributed by atoms with Crippen LogP contribution in [0.5, 0.6) is 0 Å². The van der Waals surface area contributed by atoms with Crippen molar-refractivity contribution in [1.29, 1.82) is 5.26 Å². The van der Waals surface area contributed by atoms with Gasteiger partial charge in [0.25, 0.3) is 0 Å². The highest BCUT2D eigenvalue weighted by Crippen LogP contribution is 2.37. The van der Waals surface area contributed by atoms with E-state index in [1.54, 1.807) is 6.07 Å². The molecule has 2 fully saturated rings. The van der Waals surface area contributed by atoms with Crippen LogP contribution in [-0.4, -0.2) is 29.6 Å². The third-order valence-corrected chi connectivity index (χ3v) is 4.37. The van der Waals surface area contributed by atoms with E-state index in [9.17, 15) is 9.65 Å². The minimum Gasteiger partial charge on any atom is -0.366 e. The van der Waals surface area contributed by atoms with Crippen molar-refractivity contribution in [2.45, 2.75) is 37.3 Å². The predicted molar refractivity (Wildman–Crippen MR) is 72.2 cm³/mol. The molecule has 100 valence electrons. The topological polar surface area (TPSA) is 39.1 Å². The summed E-state index contributed by atoms with van der Waals surface area (Å²) >= 11 is 0. The molecule has 2 saturated heterocycles. The first-order valence-corrected chi connectivity index (χ1v) is 6.93. The lowest BCUT2D eigenvalue weighted by Crippen LogP contribution is -2.50. The molecule has 2 unspecified atom stereocenters. The average Bonchev–Trinajstić information content (AvgIpc) is 2.79. The van der Waals surface area contributed by atoms with Crippen LogP contribution in [0.4, 0.5) is 10.1 Å². The molecule has 0 bridgehead atoms. The van der Waals surface area contributed by atoms with Crippen LogP contribution in [0.15, 0.2) is 24.3 Å². The summed E-state index contributed by atoms with van der Waals surface area (Å²) < 4.78 is 13.3. The Morgan fingerprint density at radius 2 is 2.26 bits per heavy atom. The number of halogens is 1. The summed E-state index contributed by atoms with van der Waals surface area (Å²) in [5.41, 5.74) is 0.141. The van der Waals surface area contributed by atoms with Crippen LogP contribution in [0.2, 0.25) is 0 Å². The lowest BCUT2D eigenvalue weighted by Gasteiger charge is -2.37. The van der Waals surface area contributed by atoms with Gasteiger partial charge >= 0.3 is 0 Å². The third-order valence-electron chi connectivity index (χ3n) is 4.37. The minimum absolute atomic E-state index is 0.259. The number of hydrogen-bond acceptors (Lipinski definition) is 3. The van der Waals surface area contributed by atoms with Gasteiger partial charge in [-0.15, -0.1) is 0 Å². The fourth-order valence-corrected chi connectivity index (χ4v) is 3.43. The number of hydrogen-bond donors (Lipinski definition) is 1. The van der Waals surface area contributed by atoms with Gasteiger partial charge in [-0.1, -0.05) is 12.5 Å². The number of rotatable bonds is 2. The SMILES string of the molecule is N#CC1(Nc2cccc(F)c2)CCN2CCCCC21. The molecule has 2 aliphatic rings. The Morgan fingerprint density at radius 1 is 1.37 bits per heavy atom. The molecule has 0 saturated carbocycles. The number of nitrogens with zero attached hydrogens (tertiary/aromatic N) is 2. The largest absolute Gasteiger partial charge is 0.366 e. The number of benzene rings is 1. The highest BCUT2D eigenvalue weighted by Gasteiger charge is 2.48. The van der Waals surface area contributed by atoms with E-state index in [-0.39, 0.29) is 11.9 Å². The number of piperidine rings is 1. The van der Waals surface area contributed by atoms with E-state index >= 15 is 0 Å². The first-order chi connectivity index (χ1) is 9.23. The van der Waals surface area contributed by atoms with Crippen molar-refractivity contribution in [2.75, 3.05) is 18.4 Å². The summed E-state index contributed by atoms with van der Waals surface area (Å²) in [6, 6.07) is 9.12. The molecule has 19 heavy (non-hydrogen) atoms. The number of anilines is 1. The molecule has 1 N–H and O–H groups in total. The highest BCUT2D eigenvalue weighted by molar-refractivity contribution is 5.49. The Bertz CT molecular complexity index is 510. The summed E-state index contributed by atoms with van der Waals surface area (Å²) in [5, 5.41) is 13.0. The van der Waals surface area contributed by atoms with Crippen LogP contribution >= 0.6 is 0 Å². The van der Waals surface area contributed by atoms with Gasteiger partial charge in [0.1, 0.15) is 11.4 Å². The quantitative estimate of drug-likeness (QED) is 0.887. The van der Waals surface area contributed by atoms with E-state index in [1.165, 1.54) is 25.0 Å². The van der Waals surface area contributed by atoms with Crippen molar-refractivity contribution >= 4 is 5.69 Å². The first-order valence-electron chi connectivity index (χ1n) is 6.93. The fraction of sp³-hybridized carbons (Fsp3) is 0.533. The molecular weight excluding hydrogens is 241 g/mol. The zero-order valence-electron chi connectivity index (χ0n) is 10.9. The van der Waals surface area contributed by atoms with Gasteiger partial charge in [-0.3, -0.25) is 4.90 Å². The Morgan fingerprint density at radius 3 is 3.05 bits per heavy atom. The normalized spacial score (nSPS) is 30.6. The van der Waals surface area contributed by atoms with Gasteiger partial charge in [-0.05, 0) is 44.0 Å². The average molecular weight is 259 g/mol. The molecule has 4 heteroatoms. The monoisotopic (exact) mass is 259 g/mol. The van der Waals surface area contributed by atoms with Gasteiger partial charge in [0.05, 0.1) is 6.07 Å². The second-order valence-corrected chi connectivity index (χ2v) is 5.52. The molecule has 0 spiro atoms. The lowest BCUT2D eigenvalue weighted by atomic mass is 9.86. The smallest absolute Gasteiger partial charge is 0.142 e. The summed E-state index contributed by atoms with van der Waals surface area (Å²) in [5.74, 6) is -0.267. The van der Waals surface area contributed by atoms with Crippen LogP contribution in [0.1, 0.15) is 25.7 Å². The molecule has 3 rings (SSSR count). The van der Waals surface area contributed by atoms with Crippen molar-refractivity contribution in [2.24, 2.45) is 0 Å². The van der Waals surface area contributed by atoms with E-state index in [4.69, 9.17) is 0 Å². The maximum atomic E-state index is 13.3. The molecule has 0 aromatic heterocycles. The standard InChI is InChI=1S/C15H18FN3/c16-12-4-3-5-13(10-12)18-15(11-17)7-9-19-8-2-1-6-14(15)19/h3-5,10,14,18H,1-2,6-9H2. The van der Waals surface area contributed by atoms with Gasteiger partial charge in [-0.2, -0.15) is 5.26 Å². The van der Waals surface area contributed by atoms with Gasteiger partial charge in [0.15, 0.2) is 0 Å². The second-order valence-electron chi connectivity index (χ2n) is 5.52. The van der Waals surface area contributed by atoms with Gasteiger partial charge < -0.3 is 5.32 Å². The molecule has 0 radical (unpaired) electrons. The number of fused-ring (bicyclic) bond motifs is 1. The van der Waals surface area contributed by atoms with E-state index in [0.717, 1.165) is 25.9 Å². The third kappa shape index (κ3) is 2.19. The summed E-state index contributed by atoms with van der Waals surface area (Å²) in [4.78, 5) is 2.40. The van der Waals surface area contributed by atoms with E-state index < -0.39 is 5.54 Å². The summed E-state index contributed by atoms with van der Waals surface area (Å²) in [6.45, 7) is 2.04. The van der Waals surface area contributed by atoms with E-state index in [1.807, 2.05) is 6.07 Å². The van der Waals surface area contributed by atoms with Crippen molar-refractivity contribution in [1.82, 2.24) is 4.90 Å². The first kappa shape index (κ1) is 12.4. The van der Waals surface area contributed by atoms with Crippen LogP contribution < -0.4 is 5.32 Å². The predicted octanol–water partition coefficient (Wildman–Crippen LogP) is 2.76. The fourth-order valence-electron chi connectivity index (χ4n) is 3.43. The molecule has 2 atom stereocenters. The van der Waals surface area contributed by atoms with Crippen molar-refractivity contribution < 1.29 is 4.39 Å². The molecule has 2 heterocycles. The zero-order chi connectivity index (χ0) is 13.3. The molecule has 1 aromatic carbocycles. The van der Waals surface area contributed by atoms with Crippen molar-refractivity contribution in [3.63, 3.8) is 0 Å². The lowest BCUT2D eigenvalue weighted by molar-refractivity contribution is 0.180. The van der Waals surface area contributed by atoms with Gasteiger partial charge in [0.2, 0.25) is 0 Å². The van der Waals surface area contributed by atoms with Crippen LogP contribution in [-0.2, 0) is 0 Å². The zero-order valence-corrected chi connectivity index (χ0v) is 10.9. The van der Waals surface area contributed by atoms with Gasteiger partial charge in [0, 0.05) is 18.3 Å². The summed E-state index contributed by atoms with van der Waals surface area (Å²) in [6.07, 6.45) is 4.26. The molecular formula is C15H18FN3. The van der Waals surface area contributed by atoms with E-state index in [2.05, 4.69) is 16.3 Å². The maximum absolute atomic E-state index is 13.3. The van der Waals surface area contributed by atoms with Crippen molar-refractivity contribution in [3.8, 4) is 6.07 Å². The number of nitriles is 1. The van der Waals surface area contributed by atoms with Crippen LogP contribution in [0.25, 0.3) is 0 Å². The molecule has 0 amide bonds. The number of nitrogens with one attached hydrogen (secondary N) is 1. The second kappa shape index (κ2) is 4.82. The summed E-state index contributed by atoms with van der Waals surface area (Å²) in [7, 11) is 0. The van der Waals surface area contributed by atoms with E-state index in [0.29, 0.717) is 5.69 Å². The maximum Gasteiger partial charge on any atom is 0.142 e. The van der Waals surface area contributed by atoms with Crippen LogP contribution in [0.3, 0.4) is 0 Å². The highest BCUT2D eigenvalue weighted by atomic mass is 19.1. The molecule has 3 nitrogen and oxygen atoms in total. The van der Waals surface area contributed by atoms with Gasteiger partial charge in [-0.25, -0.2) is 4.39 Å². The minimum atomic E-state index is -0.561.